The number of nitrogens with two attached hydrogens (primary N) is 1. The summed E-state index contributed by atoms with van der Waals surface area (Å²) in [7, 11) is 1.99. The number of nitrogens with zero attached hydrogens (tertiary/aromatic N) is 2. The molecular weight excluding hydrogens is 186 g/mol. The standard InChI is InChI=1S/C12H13N3/c1-15-8-10(11(14)6-7-13)9-4-2-3-5-12(9)15/h2-5,8,11H,6,14H2,1H3/t11-/m1/s1. The van der Waals surface area contributed by atoms with Crippen molar-refractivity contribution < 1.29 is 0 Å². The van der Waals surface area contributed by atoms with Gasteiger partial charge in [-0.3, -0.25) is 0 Å². The summed E-state index contributed by atoms with van der Waals surface area (Å²) in [5, 5.41) is 9.78. The summed E-state index contributed by atoms with van der Waals surface area (Å²) in [6.07, 6.45) is 2.36. The van der Waals surface area contributed by atoms with Crippen LogP contribution in [0.1, 0.15) is 18.0 Å². The molecule has 0 aliphatic carbocycles. The molecule has 2 N–H and O–H groups in total. The molecule has 0 fully saturated rings. The van der Waals surface area contributed by atoms with Crippen LogP contribution in [0.4, 0.5) is 0 Å². The van der Waals surface area contributed by atoms with Gasteiger partial charge in [-0.25, -0.2) is 0 Å². The zero-order valence-electron chi connectivity index (χ0n) is 8.64. The Balaban J connectivity index is 2.58. The topological polar surface area (TPSA) is 54.7 Å². The van der Waals surface area contributed by atoms with Crippen molar-refractivity contribution in [2.24, 2.45) is 12.8 Å². The molecule has 1 heterocycles. The lowest BCUT2D eigenvalue weighted by Crippen LogP contribution is -2.08. The van der Waals surface area contributed by atoms with Gasteiger partial charge in [0.1, 0.15) is 0 Å². The average Bonchev–Trinajstić information content (AvgIpc) is 2.58. The molecule has 0 saturated carbocycles. The van der Waals surface area contributed by atoms with Crippen molar-refractivity contribution in [1.82, 2.24) is 4.57 Å². The van der Waals surface area contributed by atoms with E-state index in [-0.39, 0.29) is 6.04 Å². The van der Waals surface area contributed by atoms with Crippen molar-refractivity contribution in [1.29, 1.82) is 5.26 Å². The lowest BCUT2D eigenvalue weighted by atomic mass is 10.0. The highest BCUT2D eigenvalue weighted by molar-refractivity contribution is 5.84. The third-order valence-electron chi connectivity index (χ3n) is 2.64. The molecule has 15 heavy (non-hydrogen) atoms. The number of aromatic nitrogens is 1. The predicted octanol–water partition coefficient (Wildman–Crippen LogP) is 2.09. The summed E-state index contributed by atoms with van der Waals surface area (Å²) in [6, 6.07) is 10.0. The van der Waals surface area contributed by atoms with Crippen molar-refractivity contribution in [3.63, 3.8) is 0 Å². The first-order valence-corrected chi connectivity index (χ1v) is 4.90. The van der Waals surface area contributed by atoms with E-state index in [0.29, 0.717) is 6.42 Å². The van der Waals surface area contributed by atoms with E-state index in [1.165, 1.54) is 0 Å². The normalized spacial score (nSPS) is 12.6. The number of fused-ring (bicyclic) bond motifs is 1. The third kappa shape index (κ3) is 1.60. The van der Waals surface area contributed by atoms with Crippen LogP contribution in [0.2, 0.25) is 0 Å². The first-order valence-electron chi connectivity index (χ1n) is 4.90. The molecule has 76 valence electrons. The summed E-state index contributed by atoms with van der Waals surface area (Å²) in [6.45, 7) is 0. The summed E-state index contributed by atoms with van der Waals surface area (Å²) in [5.74, 6) is 0. The minimum absolute atomic E-state index is 0.193. The van der Waals surface area contributed by atoms with Crippen LogP contribution in [-0.4, -0.2) is 4.57 Å². The van der Waals surface area contributed by atoms with E-state index in [1.54, 1.807) is 0 Å². The van der Waals surface area contributed by atoms with Crippen LogP contribution in [0.3, 0.4) is 0 Å². The molecule has 0 unspecified atom stereocenters. The number of aryl methyl sites for hydroxylation is 1. The van der Waals surface area contributed by atoms with Gasteiger partial charge in [-0.15, -0.1) is 0 Å². The molecule has 1 aromatic carbocycles. The van der Waals surface area contributed by atoms with Gasteiger partial charge < -0.3 is 10.3 Å². The highest BCUT2D eigenvalue weighted by Gasteiger charge is 2.12. The van der Waals surface area contributed by atoms with Crippen LogP contribution in [0.25, 0.3) is 10.9 Å². The van der Waals surface area contributed by atoms with Gasteiger partial charge in [0.05, 0.1) is 12.5 Å². The largest absolute Gasteiger partial charge is 0.350 e. The van der Waals surface area contributed by atoms with Gasteiger partial charge in [0.25, 0.3) is 0 Å². The van der Waals surface area contributed by atoms with Crippen molar-refractivity contribution >= 4 is 10.9 Å². The van der Waals surface area contributed by atoms with Crippen LogP contribution in [0.15, 0.2) is 30.5 Å². The molecule has 0 spiro atoms. The van der Waals surface area contributed by atoms with Gasteiger partial charge in [-0.1, -0.05) is 18.2 Å². The van der Waals surface area contributed by atoms with Gasteiger partial charge in [0.15, 0.2) is 0 Å². The van der Waals surface area contributed by atoms with Crippen LogP contribution in [0, 0.1) is 11.3 Å². The Morgan fingerprint density at radius 3 is 2.93 bits per heavy atom. The molecule has 3 nitrogen and oxygen atoms in total. The summed E-state index contributed by atoms with van der Waals surface area (Å²) >= 11 is 0. The average molecular weight is 199 g/mol. The minimum atomic E-state index is -0.193. The predicted molar refractivity (Wildman–Crippen MR) is 60.1 cm³/mol. The highest BCUT2D eigenvalue weighted by atomic mass is 14.9. The molecule has 1 atom stereocenters. The first kappa shape index (κ1) is 9.75. The van der Waals surface area contributed by atoms with E-state index >= 15 is 0 Å². The second-order valence-corrected chi connectivity index (χ2v) is 3.68. The molecular formula is C12H13N3. The van der Waals surface area contributed by atoms with E-state index in [4.69, 9.17) is 11.0 Å². The first-order chi connectivity index (χ1) is 7.24. The van der Waals surface area contributed by atoms with E-state index < -0.39 is 0 Å². The van der Waals surface area contributed by atoms with Crippen LogP contribution in [-0.2, 0) is 7.05 Å². The van der Waals surface area contributed by atoms with E-state index in [1.807, 2.05) is 36.0 Å². The van der Waals surface area contributed by atoms with Gasteiger partial charge in [-0.05, 0) is 11.6 Å². The van der Waals surface area contributed by atoms with Crippen molar-refractivity contribution in [3.05, 3.63) is 36.0 Å². The molecule has 1 aromatic heterocycles. The number of benzene rings is 1. The van der Waals surface area contributed by atoms with Crippen LogP contribution < -0.4 is 5.73 Å². The fourth-order valence-corrected chi connectivity index (χ4v) is 1.88. The second kappa shape index (κ2) is 3.76. The molecule has 2 rings (SSSR count). The van der Waals surface area contributed by atoms with Gasteiger partial charge in [0, 0.05) is 30.2 Å². The van der Waals surface area contributed by atoms with E-state index in [0.717, 1.165) is 16.5 Å². The van der Waals surface area contributed by atoms with Gasteiger partial charge >= 0.3 is 0 Å². The molecule has 0 amide bonds. The van der Waals surface area contributed by atoms with Crippen LogP contribution in [0.5, 0.6) is 0 Å². The van der Waals surface area contributed by atoms with Crippen LogP contribution >= 0.6 is 0 Å². The van der Waals surface area contributed by atoms with Gasteiger partial charge in [-0.2, -0.15) is 5.26 Å². The Hall–Kier alpha value is -1.79. The zero-order valence-corrected chi connectivity index (χ0v) is 8.64. The maximum absolute atomic E-state index is 8.64. The number of nitriles is 1. The molecule has 3 heteroatoms. The minimum Gasteiger partial charge on any atom is -0.350 e. The Bertz CT molecular complexity index is 519. The van der Waals surface area contributed by atoms with Crippen molar-refractivity contribution in [2.45, 2.75) is 12.5 Å². The Morgan fingerprint density at radius 2 is 2.20 bits per heavy atom. The highest BCUT2D eigenvalue weighted by Crippen LogP contribution is 2.25. The fourth-order valence-electron chi connectivity index (χ4n) is 1.88. The molecule has 0 radical (unpaired) electrons. The van der Waals surface area contributed by atoms with Crippen molar-refractivity contribution in [3.8, 4) is 6.07 Å². The smallest absolute Gasteiger partial charge is 0.0641 e. The maximum atomic E-state index is 8.64. The monoisotopic (exact) mass is 199 g/mol. The molecule has 2 aromatic rings. The SMILES string of the molecule is Cn1cc([C@H](N)CC#N)c2ccccc21. The number of para-hydroxylation sites is 1. The van der Waals surface area contributed by atoms with Crippen molar-refractivity contribution in [2.75, 3.05) is 0 Å². The number of hydrogen-bond donors (Lipinski definition) is 1. The molecule has 0 aliphatic rings. The second-order valence-electron chi connectivity index (χ2n) is 3.68. The fraction of sp³-hybridized carbons (Fsp3) is 0.250. The summed E-state index contributed by atoms with van der Waals surface area (Å²) < 4.78 is 2.04. The van der Waals surface area contributed by atoms with Gasteiger partial charge in [0.2, 0.25) is 0 Å². The van der Waals surface area contributed by atoms with E-state index in [2.05, 4.69) is 12.1 Å². The lowest BCUT2D eigenvalue weighted by molar-refractivity contribution is 0.749. The zero-order chi connectivity index (χ0) is 10.8. The lowest BCUT2D eigenvalue weighted by Gasteiger charge is -2.04. The molecule has 0 bridgehead atoms. The third-order valence-corrected chi connectivity index (χ3v) is 2.64. The number of rotatable bonds is 2. The van der Waals surface area contributed by atoms with E-state index in [9.17, 15) is 0 Å². The number of hydrogen-bond acceptors (Lipinski definition) is 2. The molecule has 0 aliphatic heterocycles. The molecule has 0 saturated heterocycles. The maximum Gasteiger partial charge on any atom is 0.0641 e. The Morgan fingerprint density at radius 1 is 1.47 bits per heavy atom. The quantitative estimate of drug-likeness (QED) is 0.805. The Kier molecular flexibility index (Phi) is 2.44. The summed E-state index contributed by atoms with van der Waals surface area (Å²) in [4.78, 5) is 0. The summed E-state index contributed by atoms with van der Waals surface area (Å²) in [5.41, 5.74) is 8.15. The Labute approximate surface area is 88.7 Å².